The molecule has 1 rings (SSSR count). The van der Waals surface area contributed by atoms with Gasteiger partial charge in [-0.05, 0) is 6.42 Å². The Morgan fingerprint density at radius 3 is 2.67 bits per heavy atom. The highest BCUT2D eigenvalue weighted by molar-refractivity contribution is 5.76. The summed E-state index contributed by atoms with van der Waals surface area (Å²) in [5.74, 6) is 0.172. The van der Waals surface area contributed by atoms with E-state index in [2.05, 4.69) is 5.32 Å². The second-order valence-corrected chi connectivity index (χ2v) is 2.96. The van der Waals surface area contributed by atoms with E-state index in [0.717, 1.165) is 26.2 Å². The highest BCUT2D eigenvalue weighted by Gasteiger charge is 2.14. The Bertz CT molecular complexity index is 144. The molecule has 0 bridgehead atoms. The maximum atomic E-state index is 11.3. The van der Waals surface area contributed by atoms with Gasteiger partial charge in [-0.1, -0.05) is 0 Å². The number of rotatable bonds is 3. The highest BCUT2D eigenvalue weighted by atomic mass is 16.3. The van der Waals surface area contributed by atoms with Crippen LogP contribution in [0.25, 0.3) is 0 Å². The molecule has 4 heteroatoms. The number of piperazine rings is 1. The van der Waals surface area contributed by atoms with Gasteiger partial charge in [0.1, 0.15) is 0 Å². The zero-order valence-corrected chi connectivity index (χ0v) is 7.25. The van der Waals surface area contributed by atoms with E-state index in [1.807, 2.05) is 4.90 Å². The molecule has 4 nitrogen and oxygen atoms in total. The van der Waals surface area contributed by atoms with Crippen LogP contribution in [0, 0.1) is 0 Å². The van der Waals surface area contributed by atoms with Crippen LogP contribution < -0.4 is 5.32 Å². The molecule has 70 valence electrons. The molecule has 12 heavy (non-hydrogen) atoms. The lowest BCUT2D eigenvalue weighted by molar-refractivity contribution is -0.132. The van der Waals surface area contributed by atoms with Crippen LogP contribution in [-0.2, 0) is 4.79 Å². The molecule has 1 saturated heterocycles. The number of nitrogens with zero attached hydrogens (tertiary/aromatic N) is 1. The molecule has 0 aromatic heterocycles. The topological polar surface area (TPSA) is 52.6 Å². The predicted octanol–water partition coefficient (Wildman–Crippen LogP) is -0.809. The number of nitrogens with one attached hydrogen (secondary N) is 1. The molecule has 0 spiro atoms. The van der Waals surface area contributed by atoms with Crippen molar-refractivity contribution in [3.63, 3.8) is 0 Å². The number of hydrogen-bond donors (Lipinski definition) is 2. The van der Waals surface area contributed by atoms with Crippen LogP contribution in [0.2, 0.25) is 0 Å². The zero-order chi connectivity index (χ0) is 8.81. The standard InChI is InChI=1S/C8H16N2O2/c11-7-1-2-8(12)10-5-3-9-4-6-10/h9,11H,1-7H2. The molecule has 1 fully saturated rings. The summed E-state index contributed by atoms with van der Waals surface area (Å²) in [6, 6.07) is 0. The Balaban J connectivity index is 2.20. The number of carbonyl (C=O) groups is 1. The van der Waals surface area contributed by atoms with Gasteiger partial charge in [0.05, 0.1) is 0 Å². The van der Waals surface area contributed by atoms with Gasteiger partial charge < -0.3 is 15.3 Å². The average molecular weight is 172 g/mol. The van der Waals surface area contributed by atoms with Gasteiger partial charge in [0, 0.05) is 39.2 Å². The molecule has 0 atom stereocenters. The first-order chi connectivity index (χ1) is 5.84. The summed E-state index contributed by atoms with van der Waals surface area (Å²) in [4.78, 5) is 13.2. The molecular weight excluding hydrogens is 156 g/mol. The number of aliphatic hydroxyl groups excluding tert-OH is 1. The second kappa shape index (κ2) is 5.11. The van der Waals surface area contributed by atoms with Gasteiger partial charge in [-0.25, -0.2) is 0 Å². The van der Waals surface area contributed by atoms with Crippen molar-refractivity contribution in [1.29, 1.82) is 0 Å². The van der Waals surface area contributed by atoms with Crippen LogP contribution in [0.5, 0.6) is 0 Å². The Labute approximate surface area is 72.6 Å². The van der Waals surface area contributed by atoms with E-state index in [4.69, 9.17) is 5.11 Å². The van der Waals surface area contributed by atoms with E-state index in [0.29, 0.717) is 12.8 Å². The quantitative estimate of drug-likeness (QED) is 0.585. The maximum absolute atomic E-state index is 11.3. The Hall–Kier alpha value is -0.610. The number of carbonyl (C=O) groups excluding carboxylic acids is 1. The average Bonchev–Trinajstić information content (AvgIpc) is 2.15. The Morgan fingerprint density at radius 1 is 1.42 bits per heavy atom. The Kier molecular flexibility index (Phi) is 4.04. The van der Waals surface area contributed by atoms with Crippen molar-refractivity contribution in [3.8, 4) is 0 Å². The molecule has 0 saturated carbocycles. The minimum atomic E-state index is 0.109. The van der Waals surface area contributed by atoms with Gasteiger partial charge in [-0.15, -0.1) is 0 Å². The van der Waals surface area contributed by atoms with E-state index >= 15 is 0 Å². The van der Waals surface area contributed by atoms with Gasteiger partial charge in [0.2, 0.25) is 5.91 Å². The van der Waals surface area contributed by atoms with Crippen LogP contribution in [-0.4, -0.2) is 48.7 Å². The number of amides is 1. The van der Waals surface area contributed by atoms with Crippen molar-refractivity contribution in [2.45, 2.75) is 12.8 Å². The van der Waals surface area contributed by atoms with Gasteiger partial charge in [-0.2, -0.15) is 0 Å². The molecule has 0 radical (unpaired) electrons. The van der Waals surface area contributed by atoms with E-state index in [1.165, 1.54) is 0 Å². The summed E-state index contributed by atoms with van der Waals surface area (Å²) in [6.45, 7) is 3.52. The minimum Gasteiger partial charge on any atom is -0.396 e. The molecule has 1 amide bonds. The fourth-order valence-corrected chi connectivity index (χ4v) is 1.30. The summed E-state index contributed by atoms with van der Waals surface area (Å²) in [6.07, 6.45) is 1.07. The van der Waals surface area contributed by atoms with Crippen LogP contribution in [0.1, 0.15) is 12.8 Å². The predicted molar refractivity (Wildman–Crippen MR) is 45.8 cm³/mol. The van der Waals surface area contributed by atoms with E-state index in [-0.39, 0.29) is 12.5 Å². The third-order valence-electron chi connectivity index (χ3n) is 2.02. The van der Waals surface area contributed by atoms with Crippen molar-refractivity contribution in [2.75, 3.05) is 32.8 Å². The van der Waals surface area contributed by atoms with Gasteiger partial charge in [0.25, 0.3) is 0 Å². The molecule has 0 aliphatic carbocycles. The van der Waals surface area contributed by atoms with Crippen LogP contribution in [0.3, 0.4) is 0 Å². The summed E-state index contributed by atoms with van der Waals surface area (Å²) in [7, 11) is 0. The molecular formula is C8H16N2O2. The summed E-state index contributed by atoms with van der Waals surface area (Å²) >= 11 is 0. The van der Waals surface area contributed by atoms with Crippen LogP contribution in [0.4, 0.5) is 0 Å². The van der Waals surface area contributed by atoms with Gasteiger partial charge >= 0.3 is 0 Å². The normalized spacial score (nSPS) is 17.9. The molecule has 1 aliphatic heterocycles. The van der Waals surface area contributed by atoms with Crippen molar-refractivity contribution >= 4 is 5.91 Å². The monoisotopic (exact) mass is 172 g/mol. The third kappa shape index (κ3) is 2.79. The largest absolute Gasteiger partial charge is 0.396 e. The van der Waals surface area contributed by atoms with E-state index in [9.17, 15) is 4.79 Å². The summed E-state index contributed by atoms with van der Waals surface area (Å²) < 4.78 is 0. The summed E-state index contributed by atoms with van der Waals surface area (Å²) in [5, 5.41) is 11.7. The van der Waals surface area contributed by atoms with Crippen LogP contribution >= 0.6 is 0 Å². The van der Waals surface area contributed by atoms with Crippen molar-refractivity contribution in [1.82, 2.24) is 10.2 Å². The first-order valence-corrected chi connectivity index (χ1v) is 4.44. The molecule has 0 unspecified atom stereocenters. The molecule has 0 aromatic rings. The third-order valence-corrected chi connectivity index (χ3v) is 2.02. The Morgan fingerprint density at radius 2 is 2.08 bits per heavy atom. The van der Waals surface area contributed by atoms with Crippen LogP contribution in [0.15, 0.2) is 0 Å². The van der Waals surface area contributed by atoms with E-state index < -0.39 is 0 Å². The highest BCUT2D eigenvalue weighted by Crippen LogP contribution is 1.98. The van der Waals surface area contributed by atoms with Gasteiger partial charge in [-0.3, -0.25) is 4.79 Å². The fourth-order valence-electron chi connectivity index (χ4n) is 1.30. The van der Waals surface area contributed by atoms with E-state index in [1.54, 1.807) is 0 Å². The van der Waals surface area contributed by atoms with Gasteiger partial charge in [0.15, 0.2) is 0 Å². The SMILES string of the molecule is O=C(CCCO)N1CCNCC1. The number of aliphatic hydroxyl groups is 1. The van der Waals surface area contributed by atoms with Crippen molar-refractivity contribution < 1.29 is 9.90 Å². The molecule has 1 heterocycles. The second-order valence-electron chi connectivity index (χ2n) is 2.96. The smallest absolute Gasteiger partial charge is 0.222 e. The lowest BCUT2D eigenvalue weighted by Gasteiger charge is -2.27. The van der Waals surface area contributed by atoms with Crippen molar-refractivity contribution in [2.24, 2.45) is 0 Å². The fraction of sp³-hybridized carbons (Fsp3) is 0.875. The first-order valence-electron chi connectivity index (χ1n) is 4.44. The lowest BCUT2D eigenvalue weighted by Crippen LogP contribution is -2.46. The maximum Gasteiger partial charge on any atom is 0.222 e. The zero-order valence-electron chi connectivity index (χ0n) is 7.25. The molecule has 1 aliphatic rings. The van der Waals surface area contributed by atoms with Crippen molar-refractivity contribution in [3.05, 3.63) is 0 Å². The first kappa shape index (κ1) is 9.48. The molecule has 0 aromatic carbocycles. The summed E-state index contributed by atoms with van der Waals surface area (Å²) in [5.41, 5.74) is 0. The minimum absolute atomic E-state index is 0.109. The molecule has 2 N–H and O–H groups in total. The number of hydrogen-bond acceptors (Lipinski definition) is 3. The lowest BCUT2D eigenvalue weighted by atomic mass is 10.2.